The lowest BCUT2D eigenvalue weighted by atomic mass is 9.33. The molecule has 9 atom stereocenters. The predicted molar refractivity (Wildman–Crippen MR) is 231 cm³/mol. The van der Waals surface area contributed by atoms with Crippen molar-refractivity contribution in [3.8, 4) is 23.0 Å². The molecule has 0 bridgehead atoms. The Morgan fingerprint density at radius 2 is 1.38 bits per heavy atom. The zero-order valence-electron chi connectivity index (χ0n) is 37.0. The van der Waals surface area contributed by atoms with Crippen LogP contribution in [0.5, 0.6) is 23.0 Å². The lowest BCUT2D eigenvalue weighted by Crippen LogP contribution is -2.66. The number of allylic oxidation sites excluding steroid dienone is 4. The van der Waals surface area contributed by atoms with Crippen molar-refractivity contribution in [1.82, 2.24) is 0 Å². The molecule has 1 unspecified atom stereocenters. The maximum Gasteiger partial charge on any atom is 0.317 e. The van der Waals surface area contributed by atoms with Crippen LogP contribution in [-0.2, 0) is 19.2 Å². The number of hydrogen-bond donors (Lipinski definition) is 2. The van der Waals surface area contributed by atoms with Crippen LogP contribution in [0.1, 0.15) is 124 Å². The van der Waals surface area contributed by atoms with E-state index in [1.807, 2.05) is 13.0 Å². The van der Waals surface area contributed by atoms with E-state index in [0.29, 0.717) is 29.7 Å². The first-order chi connectivity index (χ1) is 28.1. The Morgan fingerprint density at radius 3 is 2.03 bits per heavy atom. The average Bonchev–Trinajstić information content (AvgIpc) is 3.20. The van der Waals surface area contributed by atoms with Gasteiger partial charge in [-0.1, -0.05) is 71.4 Å². The van der Waals surface area contributed by atoms with Crippen molar-refractivity contribution in [1.29, 1.82) is 0 Å². The first kappa shape index (κ1) is 43.6. The summed E-state index contributed by atoms with van der Waals surface area (Å²) in [6.45, 7) is 15.9. The summed E-state index contributed by atoms with van der Waals surface area (Å²) in [4.78, 5) is 54.2. The largest absolute Gasteiger partial charge is 0.504 e. The van der Waals surface area contributed by atoms with Gasteiger partial charge in [0, 0.05) is 5.92 Å². The van der Waals surface area contributed by atoms with Gasteiger partial charge in [0.2, 0.25) is 0 Å². The zero-order chi connectivity index (χ0) is 43.6. The molecule has 4 saturated carbocycles. The topological polar surface area (TPSA) is 136 Å². The Morgan fingerprint density at radius 1 is 0.767 bits per heavy atom. The lowest BCUT2D eigenvalue weighted by Gasteiger charge is -2.70. The van der Waals surface area contributed by atoms with E-state index >= 15 is 0 Å². The SMILES string of the molecule is COc1cc(/C=C/C(=O)CC(=O)/C=C/c2ccc(OC(=O)[C@@]3(C)CC[C@]4(C)CC[C@]5(C)C(=CC(=O)[C@@H]6[C@@]7(C)CCC(O)C(C)(C)[C@@H]7CC[C@]65C)[C@@H]4C3)c(OC)c2)ccc1O. The second-order valence-corrected chi connectivity index (χ2v) is 20.6. The van der Waals surface area contributed by atoms with Gasteiger partial charge in [0.1, 0.15) is 0 Å². The minimum atomic E-state index is -0.789. The number of aliphatic hydroxyl groups excluding tert-OH is 1. The van der Waals surface area contributed by atoms with Crippen LogP contribution in [-0.4, -0.2) is 53.9 Å². The number of rotatable bonds is 10. The number of esters is 1. The molecule has 9 heteroatoms. The molecular weight excluding hydrogens is 757 g/mol. The zero-order valence-corrected chi connectivity index (χ0v) is 37.0. The fourth-order valence-corrected chi connectivity index (χ4v) is 12.9. The summed E-state index contributed by atoms with van der Waals surface area (Å²) in [6.07, 6.45) is 14.9. The molecule has 4 fully saturated rings. The predicted octanol–water partition coefficient (Wildman–Crippen LogP) is 9.91. The number of ketones is 3. The normalized spacial score (nSPS) is 35.7. The molecule has 2 aromatic carbocycles. The van der Waals surface area contributed by atoms with Crippen LogP contribution >= 0.6 is 0 Å². The number of carbonyl (C=O) groups is 4. The second kappa shape index (κ2) is 15.4. The summed E-state index contributed by atoms with van der Waals surface area (Å²) >= 11 is 0. The smallest absolute Gasteiger partial charge is 0.317 e. The number of aromatic hydroxyl groups is 1. The van der Waals surface area contributed by atoms with Gasteiger partial charge in [-0.25, -0.2) is 0 Å². The van der Waals surface area contributed by atoms with Crippen molar-refractivity contribution in [2.75, 3.05) is 14.2 Å². The van der Waals surface area contributed by atoms with E-state index < -0.39 is 5.41 Å². The minimum absolute atomic E-state index is 0.00886. The summed E-state index contributed by atoms with van der Waals surface area (Å²) in [7, 11) is 2.94. The maximum absolute atomic E-state index is 14.7. The monoisotopic (exact) mass is 820 g/mol. The third-order valence-electron chi connectivity index (χ3n) is 16.9. The highest BCUT2D eigenvalue weighted by Gasteiger charge is 2.70. The Labute approximate surface area is 355 Å². The molecule has 0 aromatic heterocycles. The third-order valence-corrected chi connectivity index (χ3v) is 16.9. The molecule has 0 amide bonds. The molecule has 0 aliphatic heterocycles. The number of methoxy groups -OCH3 is 2. The molecule has 0 heterocycles. The van der Waals surface area contributed by atoms with Crippen LogP contribution in [0.25, 0.3) is 12.2 Å². The van der Waals surface area contributed by atoms with Crippen molar-refractivity contribution in [2.24, 2.45) is 50.2 Å². The highest BCUT2D eigenvalue weighted by atomic mass is 16.6. The molecule has 0 radical (unpaired) electrons. The summed E-state index contributed by atoms with van der Waals surface area (Å²) in [5, 5.41) is 20.9. The number of phenols is 1. The van der Waals surface area contributed by atoms with Crippen LogP contribution in [0.4, 0.5) is 0 Å². The van der Waals surface area contributed by atoms with Gasteiger partial charge < -0.3 is 24.4 Å². The van der Waals surface area contributed by atoms with Crippen LogP contribution in [0.3, 0.4) is 0 Å². The number of fused-ring (bicyclic) bond motifs is 7. The van der Waals surface area contributed by atoms with Crippen LogP contribution < -0.4 is 14.2 Å². The molecule has 0 saturated heterocycles. The molecule has 5 aliphatic carbocycles. The van der Waals surface area contributed by atoms with E-state index in [9.17, 15) is 29.4 Å². The van der Waals surface area contributed by atoms with E-state index in [1.165, 1.54) is 38.0 Å². The van der Waals surface area contributed by atoms with E-state index in [-0.39, 0.29) is 97.9 Å². The third kappa shape index (κ3) is 7.16. The summed E-state index contributed by atoms with van der Waals surface area (Å²) in [6, 6.07) is 9.79. The number of hydrogen-bond acceptors (Lipinski definition) is 9. The number of phenolic OH excluding ortho intramolecular Hbond substituents is 1. The van der Waals surface area contributed by atoms with E-state index in [4.69, 9.17) is 14.2 Å². The molecule has 322 valence electrons. The molecular formula is C51H64O9. The number of aliphatic hydroxyl groups is 1. The van der Waals surface area contributed by atoms with Gasteiger partial charge in [0.15, 0.2) is 40.3 Å². The highest BCUT2D eigenvalue weighted by molar-refractivity contribution is 6.11. The lowest BCUT2D eigenvalue weighted by molar-refractivity contribution is -0.202. The van der Waals surface area contributed by atoms with E-state index in [1.54, 1.807) is 42.5 Å². The van der Waals surface area contributed by atoms with Gasteiger partial charge in [-0.15, -0.1) is 0 Å². The van der Waals surface area contributed by atoms with Gasteiger partial charge >= 0.3 is 5.97 Å². The molecule has 60 heavy (non-hydrogen) atoms. The van der Waals surface area contributed by atoms with E-state index in [0.717, 1.165) is 44.9 Å². The molecule has 2 N–H and O–H groups in total. The van der Waals surface area contributed by atoms with Crippen molar-refractivity contribution in [2.45, 2.75) is 119 Å². The van der Waals surface area contributed by atoms with Crippen molar-refractivity contribution < 1.29 is 43.6 Å². The summed E-state index contributed by atoms with van der Waals surface area (Å²) < 4.78 is 16.9. The summed E-state index contributed by atoms with van der Waals surface area (Å²) in [5.41, 5.74) is 0.844. The number of carbonyl (C=O) groups excluding carboxylic acids is 4. The molecule has 7 rings (SSSR count). The molecule has 0 spiro atoms. The summed E-state index contributed by atoms with van der Waals surface area (Å²) in [5.74, 6) is 0.290. The van der Waals surface area contributed by atoms with Crippen LogP contribution in [0, 0.1) is 50.2 Å². The second-order valence-electron chi connectivity index (χ2n) is 20.6. The van der Waals surface area contributed by atoms with Gasteiger partial charge in [0.05, 0.1) is 32.2 Å². The maximum atomic E-state index is 14.7. The Bertz CT molecular complexity index is 2180. The molecule has 5 aliphatic rings. The minimum Gasteiger partial charge on any atom is -0.504 e. The standard InChI is InChI=1S/C51H64O9/c1-46(2)42-18-21-51(7)44(49(42,5)20-19-43(46)56)38(55)29-35-36-30-48(4,23-22-47(36,3)24-25-50(35,51)6)45(57)60-39-17-13-32(27-41(39)59-9)11-15-34(53)28-33(52)14-10-31-12-16-37(54)40(26-31)58-8/h10-17,26-27,29,36,42-44,54,56H,18-25,28,30H2,1-9H3/b14-10+,15-11+/t36-,42-,43?,44+,47+,48-,49-,50+,51+/m0/s1. The fraction of sp³-hybridized carbons (Fsp3) is 0.569. The fourth-order valence-electron chi connectivity index (χ4n) is 12.9. The Hall–Kier alpha value is -4.50. The molecule has 2 aromatic rings. The number of ether oxygens (including phenoxy) is 3. The van der Waals surface area contributed by atoms with Gasteiger partial charge in [-0.2, -0.15) is 0 Å². The van der Waals surface area contributed by atoms with Gasteiger partial charge in [-0.05, 0) is 157 Å². The van der Waals surface area contributed by atoms with E-state index in [2.05, 4.69) is 41.5 Å². The number of benzene rings is 2. The van der Waals surface area contributed by atoms with Crippen LogP contribution in [0.15, 0.2) is 60.2 Å². The molecule has 9 nitrogen and oxygen atoms in total. The quantitative estimate of drug-likeness (QED) is 0.104. The van der Waals surface area contributed by atoms with Crippen molar-refractivity contribution in [3.63, 3.8) is 0 Å². The van der Waals surface area contributed by atoms with Crippen LogP contribution in [0.2, 0.25) is 0 Å². The van der Waals surface area contributed by atoms with Crippen molar-refractivity contribution in [3.05, 3.63) is 71.3 Å². The van der Waals surface area contributed by atoms with Crippen molar-refractivity contribution >= 4 is 35.5 Å². The van der Waals surface area contributed by atoms with Gasteiger partial charge in [-0.3, -0.25) is 19.2 Å². The average molecular weight is 821 g/mol. The first-order valence-electron chi connectivity index (χ1n) is 21.8. The van der Waals surface area contributed by atoms with Gasteiger partial charge in [0.25, 0.3) is 0 Å². The Balaban J connectivity index is 1.05. The first-order valence-corrected chi connectivity index (χ1v) is 21.8. The Kier molecular flexibility index (Phi) is 11.2. The highest BCUT2D eigenvalue weighted by Crippen LogP contribution is 2.75.